The van der Waals surface area contributed by atoms with Crippen LogP contribution in [0.2, 0.25) is 0 Å². The first-order valence-electron chi connectivity index (χ1n) is 7.74. The van der Waals surface area contributed by atoms with Gasteiger partial charge < -0.3 is 5.32 Å². The predicted octanol–water partition coefficient (Wildman–Crippen LogP) is 4.77. The van der Waals surface area contributed by atoms with Crippen LogP contribution in [0.5, 0.6) is 0 Å². The van der Waals surface area contributed by atoms with Gasteiger partial charge in [-0.25, -0.2) is 4.39 Å². The lowest BCUT2D eigenvalue weighted by Crippen LogP contribution is -2.18. The number of nitrogens with one attached hydrogen (secondary N) is 1. The monoisotopic (exact) mass is 303 g/mol. The minimum atomic E-state index is -0.122. The van der Waals surface area contributed by atoms with Crippen molar-refractivity contribution in [2.45, 2.75) is 45.1 Å². The van der Waals surface area contributed by atoms with E-state index in [2.05, 4.69) is 11.4 Å². The van der Waals surface area contributed by atoms with E-state index >= 15 is 0 Å². The Labute approximate surface area is 130 Å². The fraction of sp³-hybridized carbons (Fsp3) is 0.444. The van der Waals surface area contributed by atoms with E-state index in [1.807, 2.05) is 37.4 Å². The van der Waals surface area contributed by atoms with Gasteiger partial charge in [-0.05, 0) is 57.4 Å². The van der Waals surface area contributed by atoms with E-state index in [0.29, 0.717) is 0 Å². The van der Waals surface area contributed by atoms with Gasteiger partial charge in [-0.3, -0.25) is 0 Å². The Bertz CT molecular complexity index is 609. The maximum Gasteiger partial charge on any atom is 0.128 e. The van der Waals surface area contributed by atoms with Gasteiger partial charge >= 0.3 is 0 Å². The van der Waals surface area contributed by atoms with Gasteiger partial charge in [-0.2, -0.15) is 0 Å². The van der Waals surface area contributed by atoms with E-state index in [0.717, 1.165) is 11.1 Å². The van der Waals surface area contributed by atoms with Crippen molar-refractivity contribution in [3.05, 3.63) is 56.5 Å². The third-order valence-electron chi connectivity index (χ3n) is 4.30. The van der Waals surface area contributed by atoms with Crippen LogP contribution in [-0.4, -0.2) is 7.05 Å². The zero-order valence-corrected chi connectivity index (χ0v) is 13.5. The maximum atomic E-state index is 14.2. The van der Waals surface area contributed by atoms with Crippen molar-refractivity contribution in [3.63, 3.8) is 0 Å². The second-order valence-corrected chi connectivity index (χ2v) is 7.07. The summed E-state index contributed by atoms with van der Waals surface area (Å²) >= 11 is 1.86. The van der Waals surface area contributed by atoms with Gasteiger partial charge in [0.15, 0.2) is 0 Å². The summed E-state index contributed by atoms with van der Waals surface area (Å²) in [6, 6.07) is 7.63. The molecule has 0 aliphatic heterocycles. The van der Waals surface area contributed by atoms with Crippen molar-refractivity contribution in [1.82, 2.24) is 5.32 Å². The Morgan fingerprint density at radius 2 is 1.95 bits per heavy atom. The van der Waals surface area contributed by atoms with Crippen molar-refractivity contribution in [1.29, 1.82) is 0 Å². The summed E-state index contributed by atoms with van der Waals surface area (Å²) in [7, 11) is 1.91. The predicted molar refractivity (Wildman–Crippen MR) is 87.6 cm³/mol. The van der Waals surface area contributed by atoms with Crippen LogP contribution in [0.3, 0.4) is 0 Å². The first kappa shape index (κ1) is 14.7. The highest BCUT2D eigenvalue weighted by Crippen LogP contribution is 2.35. The molecule has 3 heteroatoms. The molecule has 1 N–H and O–H groups in total. The molecule has 2 aromatic rings. The molecule has 0 amide bonds. The van der Waals surface area contributed by atoms with Crippen molar-refractivity contribution < 1.29 is 4.39 Å². The van der Waals surface area contributed by atoms with Crippen LogP contribution >= 0.6 is 11.3 Å². The van der Waals surface area contributed by atoms with Crippen LogP contribution in [0.1, 0.15) is 51.7 Å². The number of halogens is 1. The molecule has 0 saturated heterocycles. The van der Waals surface area contributed by atoms with Crippen LogP contribution in [-0.2, 0) is 12.8 Å². The van der Waals surface area contributed by atoms with E-state index in [1.165, 1.54) is 47.4 Å². The maximum absolute atomic E-state index is 14.2. The summed E-state index contributed by atoms with van der Waals surface area (Å²) in [4.78, 5) is 2.75. The van der Waals surface area contributed by atoms with Crippen molar-refractivity contribution in [3.8, 4) is 0 Å². The molecule has 1 aromatic heterocycles. The van der Waals surface area contributed by atoms with Crippen molar-refractivity contribution in [2.75, 3.05) is 7.05 Å². The SMILES string of the molecule is CNC(c1cc2c(s1)CCCCC2)c1cc(C)ccc1F. The summed E-state index contributed by atoms with van der Waals surface area (Å²) in [5, 5.41) is 3.30. The normalized spacial score (nSPS) is 16.3. The van der Waals surface area contributed by atoms with E-state index in [1.54, 1.807) is 6.07 Å². The van der Waals surface area contributed by atoms with E-state index < -0.39 is 0 Å². The van der Waals surface area contributed by atoms with Crippen LogP contribution < -0.4 is 5.32 Å². The van der Waals surface area contributed by atoms with Gasteiger partial charge in [-0.1, -0.05) is 24.1 Å². The molecular formula is C18H22FNS. The molecule has 0 spiro atoms. The van der Waals surface area contributed by atoms with Crippen LogP contribution in [0.25, 0.3) is 0 Å². The first-order chi connectivity index (χ1) is 10.2. The molecule has 0 bridgehead atoms. The molecule has 1 unspecified atom stereocenters. The molecule has 0 fully saturated rings. The molecule has 1 heterocycles. The average Bonchev–Trinajstić information content (AvgIpc) is 2.74. The largest absolute Gasteiger partial charge is 0.309 e. The fourth-order valence-electron chi connectivity index (χ4n) is 3.17. The highest BCUT2D eigenvalue weighted by atomic mass is 32.1. The zero-order chi connectivity index (χ0) is 14.8. The summed E-state index contributed by atoms with van der Waals surface area (Å²) in [5.41, 5.74) is 3.35. The smallest absolute Gasteiger partial charge is 0.128 e. The molecule has 1 atom stereocenters. The van der Waals surface area contributed by atoms with Crippen molar-refractivity contribution in [2.24, 2.45) is 0 Å². The zero-order valence-electron chi connectivity index (χ0n) is 12.7. The molecule has 1 nitrogen and oxygen atoms in total. The number of aryl methyl sites for hydroxylation is 3. The molecule has 0 saturated carbocycles. The standard InChI is InChI=1S/C18H22FNS/c1-12-8-9-15(19)14(10-12)18(20-2)17-11-13-6-4-3-5-7-16(13)21-17/h8-11,18,20H,3-7H2,1-2H3. The number of benzene rings is 1. The van der Waals surface area contributed by atoms with Gasteiger partial charge in [0.2, 0.25) is 0 Å². The number of thiophene rings is 1. The Morgan fingerprint density at radius 3 is 2.76 bits per heavy atom. The van der Waals surface area contributed by atoms with Gasteiger partial charge in [0.1, 0.15) is 5.82 Å². The quantitative estimate of drug-likeness (QED) is 0.805. The molecule has 21 heavy (non-hydrogen) atoms. The molecular weight excluding hydrogens is 281 g/mol. The summed E-state index contributed by atoms with van der Waals surface area (Å²) < 4.78 is 14.2. The van der Waals surface area contributed by atoms with Crippen LogP contribution in [0.15, 0.2) is 24.3 Å². The second-order valence-electron chi connectivity index (χ2n) is 5.90. The van der Waals surface area contributed by atoms with Crippen molar-refractivity contribution >= 4 is 11.3 Å². The Kier molecular flexibility index (Phi) is 4.41. The van der Waals surface area contributed by atoms with Crippen LogP contribution in [0, 0.1) is 12.7 Å². The summed E-state index contributed by atoms with van der Waals surface area (Å²) in [5.74, 6) is -0.122. The molecule has 0 radical (unpaired) electrons. The molecule has 112 valence electrons. The van der Waals surface area contributed by atoms with Crippen LogP contribution in [0.4, 0.5) is 4.39 Å². The molecule has 3 rings (SSSR count). The minimum absolute atomic E-state index is 0.0400. The third kappa shape index (κ3) is 3.04. The summed E-state index contributed by atoms with van der Waals surface area (Å²) in [6.07, 6.45) is 6.27. The van der Waals surface area contributed by atoms with E-state index in [-0.39, 0.29) is 11.9 Å². The second kappa shape index (κ2) is 6.29. The van der Waals surface area contributed by atoms with E-state index in [4.69, 9.17) is 0 Å². The Morgan fingerprint density at radius 1 is 1.14 bits per heavy atom. The highest BCUT2D eigenvalue weighted by molar-refractivity contribution is 7.12. The number of hydrogen-bond acceptors (Lipinski definition) is 2. The van der Waals surface area contributed by atoms with E-state index in [9.17, 15) is 4.39 Å². The Hall–Kier alpha value is -1.19. The van der Waals surface area contributed by atoms with Gasteiger partial charge in [0, 0.05) is 15.3 Å². The minimum Gasteiger partial charge on any atom is -0.309 e. The lowest BCUT2D eigenvalue weighted by atomic mass is 10.0. The van der Waals surface area contributed by atoms with Gasteiger partial charge in [0.05, 0.1) is 6.04 Å². The number of rotatable bonds is 3. The van der Waals surface area contributed by atoms with Gasteiger partial charge in [-0.15, -0.1) is 11.3 Å². The van der Waals surface area contributed by atoms with Gasteiger partial charge in [0.25, 0.3) is 0 Å². The highest BCUT2D eigenvalue weighted by Gasteiger charge is 2.21. The first-order valence-corrected chi connectivity index (χ1v) is 8.55. The Balaban J connectivity index is 1.98. The molecule has 1 aliphatic rings. The fourth-order valence-corrected chi connectivity index (χ4v) is 4.55. The lowest BCUT2D eigenvalue weighted by molar-refractivity contribution is 0.578. The molecule has 1 aliphatic carbocycles. The topological polar surface area (TPSA) is 12.0 Å². The number of fused-ring (bicyclic) bond motifs is 1. The third-order valence-corrected chi connectivity index (χ3v) is 5.60. The summed E-state index contributed by atoms with van der Waals surface area (Å²) in [6.45, 7) is 2.01. The average molecular weight is 303 g/mol. The molecule has 1 aromatic carbocycles. The number of hydrogen-bond donors (Lipinski definition) is 1. The lowest BCUT2D eigenvalue weighted by Gasteiger charge is -2.16.